The van der Waals surface area contributed by atoms with Gasteiger partial charge < -0.3 is 10.5 Å². The van der Waals surface area contributed by atoms with E-state index in [1.165, 1.54) is 5.56 Å². The van der Waals surface area contributed by atoms with Crippen molar-refractivity contribution >= 4 is 11.5 Å². The largest absolute Gasteiger partial charge is 0.383 e. The van der Waals surface area contributed by atoms with Crippen molar-refractivity contribution < 1.29 is 4.74 Å². The molecule has 2 N–H and O–H groups in total. The summed E-state index contributed by atoms with van der Waals surface area (Å²) in [6.07, 6.45) is 2.21. The second kappa shape index (κ2) is 4.28. The molecule has 0 aliphatic carbocycles. The maximum atomic E-state index is 6.27. The van der Waals surface area contributed by atoms with Gasteiger partial charge in [-0.15, -0.1) is 0 Å². The molecule has 1 aliphatic rings. The zero-order chi connectivity index (χ0) is 12.7. The third-order valence-electron chi connectivity index (χ3n) is 3.66. The molecule has 0 amide bonds. The molecule has 3 rings (SSSR count). The Morgan fingerprint density at radius 1 is 1.39 bits per heavy atom. The third-order valence-corrected chi connectivity index (χ3v) is 3.66. The van der Waals surface area contributed by atoms with Crippen molar-refractivity contribution in [3.63, 3.8) is 0 Å². The highest BCUT2D eigenvalue weighted by molar-refractivity contribution is 5.56. The van der Waals surface area contributed by atoms with E-state index in [0.29, 0.717) is 5.92 Å². The zero-order valence-electron chi connectivity index (χ0n) is 10.9. The molecule has 1 unspecified atom stereocenters. The van der Waals surface area contributed by atoms with Crippen LogP contribution in [0, 0.1) is 13.8 Å². The number of hydrogen-bond donors (Lipinski definition) is 1. The summed E-state index contributed by atoms with van der Waals surface area (Å²) in [4.78, 5) is 4.72. The van der Waals surface area contributed by atoms with E-state index < -0.39 is 0 Å². The summed E-state index contributed by atoms with van der Waals surface area (Å²) >= 11 is 0. The van der Waals surface area contributed by atoms with E-state index in [2.05, 4.69) is 26.0 Å². The van der Waals surface area contributed by atoms with Crippen LogP contribution < -0.4 is 5.73 Å². The molecule has 1 atom stereocenters. The Bertz CT molecular complexity index is 582. The molecule has 0 spiro atoms. The minimum absolute atomic E-state index is 0.346. The SMILES string of the molecule is Cc1cc(C)n2c(N)c(C3CCCOC3)nc2c1. The van der Waals surface area contributed by atoms with Gasteiger partial charge in [-0.3, -0.25) is 4.40 Å². The van der Waals surface area contributed by atoms with Crippen LogP contribution in [0.2, 0.25) is 0 Å². The van der Waals surface area contributed by atoms with Crippen molar-refractivity contribution in [1.29, 1.82) is 0 Å². The van der Waals surface area contributed by atoms with E-state index in [0.717, 1.165) is 48.9 Å². The van der Waals surface area contributed by atoms with Gasteiger partial charge in [0.05, 0.1) is 12.3 Å². The van der Waals surface area contributed by atoms with Crippen molar-refractivity contribution in [1.82, 2.24) is 9.38 Å². The fourth-order valence-corrected chi connectivity index (χ4v) is 2.83. The van der Waals surface area contributed by atoms with Gasteiger partial charge >= 0.3 is 0 Å². The van der Waals surface area contributed by atoms with Gasteiger partial charge in [-0.05, 0) is 44.4 Å². The summed E-state index contributed by atoms with van der Waals surface area (Å²) in [7, 11) is 0. The lowest BCUT2D eigenvalue weighted by Gasteiger charge is -2.20. The van der Waals surface area contributed by atoms with Gasteiger partial charge in [0.25, 0.3) is 0 Å². The quantitative estimate of drug-likeness (QED) is 0.839. The van der Waals surface area contributed by atoms with E-state index in [1.807, 2.05) is 4.40 Å². The molecule has 1 fully saturated rings. The van der Waals surface area contributed by atoms with E-state index in [-0.39, 0.29) is 0 Å². The molecule has 1 aliphatic heterocycles. The Morgan fingerprint density at radius 2 is 2.22 bits per heavy atom. The van der Waals surface area contributed by atoms with Crippen LogP contribution in [0.5, 0.6) is 0 Å². The average molecular weight is 245 g/mol. The number of nitrogens with zero attached hydrogens (tertiary/aromatic N) is 2. The molecule has 3 heterocycles. The lowest BCUT2D eigenvalue weighted by atomic mass is 9.99. The Balaban J connectivity index is 2.13. The topological polar surface area (TPSA) is 52.5 Å². The van der Waals surface area contributed by atoms with Crippen LogP contribution in [0.3, 0.4) is 0 Å². The van der Waals surface area contributed by atoms with E-state index in [4.69, 9.17) is 15.5 Å². The molecule has 2 aromatic heterocycles. The van der Waals surface area contributed by atoms with Crippen LogP contribution in [-0.2, 0) is 4.74 Å². The highest BCUT2D eigenvalue weighted by Crippen LogP contribution is 2.30. The summed E-state index contributed by atoms with van der Waals surface area (Å²) in [6, 6.07) is 4.21. The van der Waals surface area contributed by atoms with E-state index >= 15 is 0 Å². The van der Waals surface area contributed by atoms with Gasteiger partial charge in [0.15, 0.2) is 0 Å². The van der Waals surface area contributed by atoms with Gasteiger partial charge in [0.1, 0.15) is 11.5 Å². The summed E-state index contributed by atoms with van der Waals surface area (Å²) < 4.78 is 7.58. The van der Waals surface area contributed by atoms with Gasteiger partial charge in [0, 0.05) is 18.2 Å². The zero-order valence-corrected chi connectivity index (χ0v) is 10.9. The van der Waals surface area contributed by atoms with Crippen molar-refractivity contribution in [2.24, 2.45) is 0 Å². The first kappa shape index (κ1) is 11.5. The molecule has 0 radical (unpaired) electrons. The number of nitrogens with two attached hydrogens (primary N) is 1. The maximum absolute atomic E-state index is 6.27. The van der Waals surface area contributed by atoms with Crippen LogP contribution in [0.4, 0.5) is 5.82 Å². The number of nitrogen functional groups attached to an aromatic ring is 1. The van der Waals surface area contributed by atoms with Gasteiger partial charge in [-0.2, -0.15) is 0 Å². The van der Waals surface area contributed by atoms with Gasteiger partial charge in [-0.1, -0.05) is 0 Å². The maximum Gasteiger partial charge on any atom is 0.139 e. The minimum atomic E-state index is 0.346. The number of ether oxygens (including phenoxy) is 1. The molecule has 0 aromatic carbocycles. The predicted octanol–water partition coefficient (Wildman–Crippen LogP) is 2.43. The Kier molecular flexibility index (Phi) is 2.74. The second-order valence-electron chi connectivity index (χ2n) is 5.16. The van der Waals surface area contributed by atoms with Crippen molar-refractivity contribution in [2.75, 3.05) is 18.9 Å². The monoisotopic (exact) mass is 245 g/mol. The first-order valence-electron chi connectivity index (χ1n) is 6.49. The van der Waals surface area contributed by atoms with Gasteiger partial charge in [-0.25, -0.2) is 4.98 Å². The summed E-state index contributed by atoms with van der Waals surface area (Å²) in [5, 5.41) is 0. The molecule has 4 nitrogen and oxygen atoms in total. The number of fused-ring (bicyclic) bond motifs is 1. The summed E-state index contributed by atoms with van der Waals surface area (Å²) in [5.41, 5.74) is 10.6. The van der Waals surface area contributed by atoms with Crippen LogP contribution >= 0.6 is 0 Å². The normalized spacial score (nSPS) is 20.4. The summed E-state index contributed by atoms with van der Waals surface area (Å²) in [6.45, 7) is 5.76. The molecule has 18 heavy (non-hydrogen) atoms. The highest BCUT2D eigenvalue weighted by Gasteiger charge is 2.23. The van der Waals surface area contributed by atoms with Crippen LogP contribution in [-0.4, -0.2) is 22.6 Å². The number of imidazole rings is 1. The van der Waals surface area contributed by atoms with E-state index in [9.17, 15) is 0 Å². The standard InChI is InChI=1S/C14H19N3O/c1-9-6-10(2)17-12(7-9)16-13(14(17)15)11-4-3-5-18-8-11/h6-7,11H,3-5,8,15H2,1-2H3. The lowest BCUT2D eigenvalue weighted by Crippen LogP contribution is -2.17. The van der Waals surface area contributed by atoms with Crippen molar-refractivity contribution in [3.8, 4) is 0 Å². The number of anilines is 1. The minimum Gasteiger partial charge on any atom is -0.383 e. The van der Waals surface area contributed by atoms with Crippen LogP contribution in [0.25, 0.3) is 5.65 Å². The van der Waals surface area contributed by atoms with Crippen molar-refractivity contribution in [2.45, 2.75) is 32.6 Å². The summed E-state index contributed by atoms with van der Waals surface area (Å²) in [5.74, 6) is 1.12. The molecule has 4 heteroatoms. The predicted molar refractivity (Wildman–Crippen MR) is 71.9 cm³/mol. The smallest absolute Gasteiger partial charge is 0.139 e. The van der Waals surface area contributed by atoms with Crippen LogP contribution in [0.1, 0.15) is 35.7 Å². The fourth-order valence-electron chi connectivity index (χ4n) is 2.83. The molecule has 96 valence electrons. The second-order valence-corrected chi connectivity index (χ2v) is 5.16. The fraction of sp³-hybridized carbons (Fsp3) is 0.500. The molecule has 2 aromatic rings. The first-order valence-corrected chi connectivity index (χ1v) is 6.49. The van der Waals surface area contributed by atoms with E-state index in [1.54, 1.807) is 0 Å². The molecule has 0 saturated carbocycles. The van der Waals surface area contributed by atoms with Crippen molar-refractivity contribution in [3.05, 3.63) is 29.1 Å². The van der Waals surface area contributed by atoms with Crippen LogP contribution in [0.15, 0.2) is 12.1 Å². The lowest BCUT2D eigenvalue weighted by molar-refractivity contribution is 0.0796. The Morgan fingerprint density at radius 3 is 2.94 bits per heavy atom. The molecule has 0 bridgehead atoms. The Labute approximate surface area is 107 Å². The Hall–Kier alpha value is -1.55. The number of hydrogen-bond acceptors (Lipinski definition) is 3. The molecular formula is C14H19N3O. The highest BCUT2D eigenvalue weighted by atomic mass is 16.5. The first-order chi connectivity index (χ1) is 8.66. The number of pyridine rings is 1. The average Bonchev–Trinajstić information content (AvgIpc) is 2.67. The van der Waals surface area contributed by atoms with Gasteiger partial charge in [0.2, 0.25) is 0 Å². The number of aryl methyl sites for hydroxylation is 2. The number of aromatic nitrogens is 2. The molecular weight excluding hydrogens is 226 g/mol. The number of rotatable bonds is 1. The third kappa shape index (κ3) is 1.77. The molecule has 1 saturated heterocycles.